The Balaban J connectivity index is 1.72. The van der Waals surface area contributed by atoms with Gasteiger partial charge < -0.3 is 10.1 Å². The molecule has 2 aromatic rings. The third-order valence-corrected chi connectivity index (χ3v) is 7.38. The van der Waals surface area contributed by atoms with E-state index in [1.807, 2.05) is 36.6 Å². The van der Waals surface area contributed by atoms with Crippen molar-refractivity contribution in [1.82, 2.24) is 4.90 Å². The summed E-state index contributed by atoms with van der Waals surface area (Å²) in [5.74, 6) is 2.17. The third kappa shape index (κ3) is 6.21. The number of carbonyl (C=O) groups is 3. The van der Waals surface area contributed by atoms with Crippen LogP contribution in [-0.2, 0) is 9.59 Å². The Kier molecular flexibility index (Phi) is 8.92. The number of benzene rings is 2. The van der Waals surface area contributed by atoms with Gasteiger partial charge in [0.05, 0.1) is 12.0 Å². The van der Waals surface area contributed by atoms with E-state index >= 15 is 0 Å². The highest BCUT2D eigenvalue weighted by atomic mass is 127. The molecule has 32 heavy (non-hydrogen) atoms. The summed E-state index contributed by atoms with van der Waals surface area (Å²) in [5.41, 5.74) is 1.36. The highest BCUT2D eigenvalue weighted by Gasteiger charge is 2.36. The molecule has 0 saturated carbocycles. The first-order chi connectivity index (χ1) is 15.3. The van der Waals surface area contributed by atoms with Crippen molar-refractivity contribution in [2.75, 3.05) is 24.7 Å². The lowest BCUT2D eigenvalue weighted by atomic mass is 10.2. The lowest BCUT2D eigenvalue weighted by molar-refractivity contribution is -0.127. The van der Waals surface area contributed by atoms with Gasteiger partial charge in [-0.25, -0.2) is 0 Å². The molecule has 0 radical (unpaired) electrons. The van der Waals surface area contributed by atoms with Gasteiger partial charge in [0.2, 0.25) is 5.91 Å². The number of imide groups is 1. The van der Waals surface area contributed by atoms with Gasteiger partial charge >= 0.3 is 0 Å². The quantitative estimate of drug-likeness (QED) is 0.184. The molecule has 6 nitrogen and oxygen atoms in total. The predicted octanol–water partition coefficient (Wildman–Crippen LogP) is 5.30. The Morgan fingerprint density at radius 3 is 2.66 bits per heavy atom. The number of anilines is 1. The van der Waals surface area contributed by atoms with Crippen LogP contribution in [0.2, 0.25) is 0 Å². The minimum atomic E-state index is -0.495. The van der Waals surface area contributed by atoms with Crippen molar-refractivity contribution in [3.05, 3.63) is 54.0 Å². The molecule has 1 N–H and O–H groups in total. The van der Waals surface area contributed by atoms with E-state index in [0.717, 1.165) is 34.3 Å². The van der Waals surface area contributed by atoms with Crippen molar-refractivity contribution < 1.29 is 19.1 Å². The van der Waals surface area contributed by atoms with E-state index in [1.165, 1.54) is 0 Å². The van der Waals surface area contributed by atoms with E-state index < -0.39 is 17.1 Å². The molecule has 3 amide bonds. The zero-order valence-electron chi connectivity index (χ0n) is 16.7. The lowest BCUT2D eigenvalue weighted by Gasteiger charge is -2.13. The molecule has 0 atom stereocenters. The minimum Gasteiger partial charge on any atom is -0.479 e. The maximum Gasteiger partial charge on any atom is 0.294 e. The average molecular weight is 690 g/mol. The van der Waals surface area contributed by atoms with Crippen molar-refractivity contribution in [2.45, 2.75) is 4.90 Å². The van der Waals surface area contributed by atoms with Crippen molar-refractivity contribution in [1.29, 1.82) is 0 Å². The molecule has 0 aliphatic carbocycles. The normalized spacial score (nSPS) is 14.6. The van der Waals surface area contributed by atoms with E-state index in [4.69, 9.17) is 11.2 Å². The Hall–Kier alpha value is -1.69. The lowest BCUT2D eigenvalue weighted by Crippen LogP contribution is -2.36. The smallest absolute Gasteiger partial charge is 0.294 e. The van der Waals surface area contributed by atoms with E-state index in [1.54, 1.807) is 23.9 Å². The number of hydrogen-bond acceptors (Lipinski definition) is 6. The SMILES string of the molecule is C#CCOc1c(I)cc(/C=C2\SC(=O)N(CC(=O)Nc3cccc(SC)c3)C2=O)cc1I. The second kappa shape index (κ2) is 11.4. The predicted molar refractivity (Wildman–Crippen MR) is 146 cm³/mol. The summed E-state index contributed by atoms with van der Waals surface area (Å²) in [6.45, 7) is -0.187. The first-order valence-electron chi connectivity index (χ1n) is 9.07. The molecule has 0 bridgehead atoms. The van der Waals surface area contributed by atoms with Crippen molar-refractivity contribution >= 4 is 97.5 Å². The van der Waals surface area contributed by atoms with E-state index in [0.29, 0.717) is 11.4 Å². The van der Waals surface area contributed by atoms with Gasteiger partial charge in [0.1, 0.15) is 18.9 Å². The fraction of sp³-hybridized carbons (Fsp3) is 0.136. The molecule has 1 aliphatic rings. The molecule has 3 rings (SSSR count). The van der Waals surface area contributed by atoms with Gasteiger partial charge in [0.15, 0.2) is 0 Å². The van der Waals surface area contributed by atoms with Gasteiger partial charge in [0, 0.05) is 10.6 Å². The summed E-state index contributed by atoms with van der Waals surface area (Å²) in [5, 5.41) is 2.25. The zero-order chi connectivity index (χ0) is 23.3. The number of ether oxygens (including phenoxy) is 1. The first kappa shape index (κ1) is 24.9. The average Bonchev–Trinajstić information content (AvgIpc) is 3.00. The van der Waals surface area contributed by atoms with Gasteiger partial charge in [-0.2, -0.15) is 0 Å². The Bertz CT molecular complexity index is 1140. The second-order valence-corrected chi connectivity index (χ2v) is 10.6. The molecular formula is C22H16I2N2O4S2. The van der Waals surface area contributed by atoms with Crippen LogP contribution < -0.4 is 10.1 Å². The summed E-state index contributed by atoms with van der Waals surface area (Å²) >= 11 is 6.63. The monoisotopic (exact) mass is 690 g/mol. The number of nitrogens with zero attached hydrogens (tertiary/aromatic N) is 1. The number of hydrogen-bond donors (Lipinski definition) is 1. The summed E-state index contributed by atoms with van der Waals surface area (Å²) < 4.78 is 7.22. The van der Waals surface area contributed by atoms with Crippen LogP contribution in [0.15, 0.2) is 46.2 Å². The minimum absolute atomic E-state index is 0.161. The number of rotatable bonds is 7. The fourth-order valence-corrected chi connectivity index (χ4v) is 6.17. The van der Waals surface area contributed by atoms with Gasteiger partial charge in [-0.05, 0) is 105 Å². The molecule has 1 fully saturated rings. The molecular weight excluding hydrogens is 674 g/mol. The van der Waals surface area contributed by atoms with Crippen LogP contribution in [-0.4, -0.2) is 41.4 Å². The summed E-state index contributed by atoms with van der Waals surface area (Å²) in [6, 6.07) is 11.0. The summed E-state index contributed by atoms with van der Waals surface area (Å²) in [6.07, 6.45) is 8.83. The van der Waals surface area contributed by atoms with E-state index in [-0.39, 0.29) is 18.1 Å². The zero-order valence-corrected chi connectivity index (χ0v) is 22.6. The molecule has 1 saturated heterocycles. The number of thioether (sulfide) groups is 2. The molecule has 1 aliphatic heterocycles. The highest BCUT2D eigenvalue weighted by Crippen LogP contribution is 2.34. The number of terminal acetylenes is 1. The van der Waals surface area contributed by atoms with Crippen LogP contribution in [0.5, 0.6) is 5.75 Å². The molecule has 0 unspecified atom stereocenters. The second-order valence-electron chi connectivity index (χ2n) is 6.35. The topological polar surface area (TPSA) is 75.7 Å². The van der Waals surface area contributed by atoms with Crippen LogP contribution >= 0.6 is 68.7 Å². The fourth-order valence-electron chi connectivity index (χ4n) is 2.75. The Morgan fingerprint density at radius 1 is 1.28 bits per heavy atom. The molecule has 2 aromatic carbocycles. The molecule has 0 spiro atoms. The summed E-state index contributed by atoms with van der Waals surface area (Å²) in [4.78, 5) is 39.8. The maximum atomic E-state index is 12.8. The number of nitrogens with one attached hydrogen (secondary N) is 1. The van der Waals surface area contributed by atoms with Crippen molar-refractivity contribution in [2.24, 2.45) is 0 Å². The number of halogens is 2. The maximum absolute atomic E-state index is 12.8. The third-order valence-electron chi connectivity index (χ3n) is 4.15. The first-order valence-corrected chi connectivity index (χ1v) is 13.3. The number of carbonyl (C=O) groups excluding carboxylic acids is 3. The molecule has 10 heteroatoms. The van der Waals surface area contributed by atoms with Gasteiger partial charge in [0.25, 0.3) is 11.1 Å². The highest BCUT2D eigenvalue weighted by molar-refractivity contribution is 14.1. The van der Waals surface area contributed by atoms with Gasteiger partial charge in [-0.3, -0.25) is 19.3 Å². The Morgan fingerprint density at radius 2 is 2.00 bits per heavy atom. The summed E-state index contributed by atoms with van der Waals surface area (Å²) in [7, 11) is 0. The molecule has 0 aromatic heterocycles. The van der Waals surface area contributed by atoms with Crippen molar-refractivity contribution in [3.8, 4) is 18.1 Å². The van der Waals surface area contributed by atoms with E-state index in [2.05, 4.69) is 56.4 Å². The van der Waals surface area contributed by atoms with Crippen LogP contribution in [0.1, 0.15) is 5.56 Å². The Labute approximate surface area is 221 Å². The number of amides is 3. The van der Waals surface area contributed by atoms with Gasteiger partial charge in [-0.15, -0.1) is 18.2 Å². The van der Waals surface area contributed by atoms with Gasteiger partial charge in [-0.1, -0.05) is 12.0 Å². The van der Waals surface area contributed by atoms with E-state index in [9.17, 15) is 14.4 Å². The molecule has 164 valence electrons. The molecule has 1 heterocycles. The van der Waals surface area contributed by atoms with Crippen LogP contribution in [0.25, 0.3) is 6.08 Å². The largest absolute Gasteiger partial charge is 0.479 e. The van der Waals surface area contributed by atoms with Crippen LogP contribution in [0.3, 0.4) is 0 Å². The van der Waals surface area contributed by atoms with Crippen molar-refractivity contribution in [3.63, 3.8) is 0 Å². The standard InChI is InChI=1S/C22H16I2N2O4S2/c1-3-7-30-20-16(23)8-13(9-17(20)24)10-18-21(28)26(22(29)32-18)12-19(27)25-14-5-4-6-15(11-14)31-2/h1,4-6,8-11H,7,12H2,2H3,(H,25,27)/b18-10-. The van der Waals surface area contributed by atoms with Crippen LogP contribution in [0, 0.1) is 19.5 Å². The van der Waals surface area contributed by atoms with Crippen LogP contribution in [0.4, 0.5) is 10.5 Å².